The number of carboxylic acids is 1. The second kappa shape index (κ2) is 6.38. The highest BCUT2D eigenvalue weighted by Gasteiger charge is 2.10. The van der Waals surface area contributed by atoms with Crippen molar-refractivity contribution in [3.05, 3.63) is 0 Å². The summed E-state index contributed by atoms with van der Waals surface area (Å²) in [4.78, 5) is 21.1. The summed E-state index contributed by atoms with van der Waals surface area (Å²) in [6.07, 6.45) is 0.480. The van der Waals surface area contributed by atoms with Crippen molar-refractivity contribution in [2.45, 2.75) is 18.9 Å². The molecule has 0 aliphatic rings. The molecule has 6 nitrogen and oxygen atoms in total. The Balaban J connectivity index is 3.44. The number of rotatable bonds is 6. The van der Waals surface area contributed by atoms with E-state index in [1.54, 1.807) is 0 Å². The lowest BCUT2D eigenvalue weighted by Crippen LogP contribution is -2.35. The summed E-state index contributed by atoms with van der Waals surface area (Å²) in [5, 5.41) is 10.9. The Labute approximate surface area is 76.3 Å². The van der Waals surface area contributed by atoms with Crippen LogP contribution in [0.15, 0.2) is 0 Å². The SMILES string of the molecule is NCCC(=O)NCC[C@H](N)C(=O)O. The number of carbonyl (C=O) groups excluding carboxylic acids is 1. The van der Waals surface area contributed by atoms with E-state index in [1.807, 2.05) is 0 Å². The lowest BCUT2D eigenvalue weighted by molar-refractivity contribution is -0.138. The van der Waals surface area contributed by atoms with Gasteiger partial charge in [-0.2, -0.15) is 0 Å². The molecule has 0 spiro atoms. The fraction of sp³-hybridized carbons (Fsp3) is 0.714. The number of amides is 1. The van der Waals surface area contributed by atoms with Gasteiger partial charge in [0, 0.05) is 19.5 Å². The van der Waals surface area contributed by atoms with Gasteiger partial charge in [0.05, 0.1) is 0 Å². The lowest BCUT2D eigenvalue weighted by Gasteiger charge is -2.06. The molecule has 0 fully saturated rings. The zero-order valence-electron chi connectivity index (χ0n) is 7.32. The van der Waals surface area contributed by atoms with E-state index in [2.05, 4.69) is 5.32 Å². The summed E-state index contributed by atoms with van der Waals surface area (Å²) in [5.41, 5.74) is 10.3. The molecule has 0 unspecified atom stereocenters. The summed E-state index contributed by atoms with van der Waals surface area (Å²) in [6, 6.07) is -0.918. The normalized spacial score (nSPS) is 12.2. The largest absolute Gasteiger partial charge is 0.480 e. The van der Waals surface area contributed by atoms with Crippen LogP contribution in [0.25, 0.3) is 0 Å². The molecule has 1 atom stereocenters. The Morgan fingerprint density at radius 1 is 1.46 bits per heavy atom. The van der Waals surface area contributed by atoms with Gasteiger partial charge >= 0.3 is 5.97 Å². The molecule has 0 radical (unpaired) electrons. The van der Waals surface area contributed by atoms with Gasteiger partial charge in [0.2, 0.25) is 5.91 Å². The molecule has 0 bridgehead atoms. The summed E-state index contributed by atoms with van der Waals surface area (Å²) < 4.78 is 0. The molecule has 0 aromatic rings. The molecule has 0 aromatic carbocycles. The van der Waals surface area contributed by atoms with Crippen molar-refractivity contribution >= 4 is 11.9 Å². The van der Waals surface area contributed by atoms with Gasteiger partial charge in [-0.15, -0.1) is 0 Å². The molecule has 6 N–H and O–H groups in total. The third-order valence-corrected chi connectivity index (χ3v) is 1.47. The molecule has 0 aromatic heterocycles. The number of hydrogen-bond donors (Lipinski definition) is 4. The first kappa shape index (κ1) is 11.9. The van der Waals surface area contributed by atoms with Gasteiger partial charge in [-0.3, -0.25) is 9.59 Å². The van der Waals surface area contributed by atoms with Crippen molar-refractivity contribution in [3.8, 4) is 0 Å². The van der Waals surface area contributed by atoms with Crippen LogP contribution in [0.2, 0.25) is 0 Å². The Morgan fingerprint density at radius 3 is 2.54 bits per heavy atom. The highest BCUT2D eigenvalue weighted by atomic mass is 16.4. The number of nitrogens with one attached hydrogen (secondary N) is 1. The summed E-state index contributed by atoms with van der Waals surface area (Å²) in [7, 11) is 0. The molecule has 0 saturated heterocycles. The maximum atomic E-state index is 10.8. The fourth-order valence-electron chi connectivity index (χ4n) is 0.710. The minimum Gasteiger partial charge on any atom is -0.480 e. The average molecular weight is 189 g/mol. The molecule has 76 valence electrons. The summed E-state index contributed by atoms with van der Waals surface area (Å²) in [6.45, 7) is 0.559. The Morgan fingerprint density at radius 2 is 2.08 bits per heavy atom. The first-order chi connectivity index (χ1) is 6.07. The van der Waals surface area contributed by atoms with E-state index in [9.17, 15) is 9.59 Å². The smallest absolute Gasteiger partial charge is 0.320 e. The van der Waals surface area contributed by atoms with Crippen LogP contribution < -0.4 is 16.8 Å². The van der Waals surface area contributed by atoms with Crippen LogP contribution in [0.4, 0.5) is 0 Å². The minimum absolute atomic E-state index is 0.180. The second-order valence-corrected chi connectivity index (χ2v) is 2.62. The van der Waals surface area contributed by atoms with E-state index in [1.165, 1.54) is 0 Å². The maximum absolute atomic E-state index is 10.8. The first-order valence-electron chi connectivity index (χ1n) is 4.03. The monoisotopic (exact) mass is 189 g/mol. The average Bonchev–Trinajstić information content (AvgIpc) is 2.04. The highest BCUT2D eigenvalue weighted by molar-refractivity contribution is 5.76. The predicted octanol–water partition coefficient (Wildman–Crippen LogP) is -1.75. The topological polar surface area (TPSA) is 118 Å². The summed E-state index contributed by atoms with van der Waals surface area (Å²) >= 11 is 0. The molecule has 1 amide bonds. The third-order valence-electron chi connectivity index (χ3n) is 1.47. The van der Waals surface area contributed by atoms with E-state index in [4.69, 9.17) is 16.6 Å². The Bertz CT molecular complexity index is 184. The molecule has 6 heteroatoms. The van der Waals surface area contributed by atoms with E-state index < -0.39 is 12.0 Å². The number of carbonyl (C=O) groups is 2. The van der Waals surface area contributed by atoms with E-state index in [0.29, 0.717) is 0 Å². The standard InChI is InChI=1S/C7H15N3O3/c8-3-1-6(11)10-4-2-5(9)7(12)13/h5H,1-4,8-9H2,(H,10,11)(H,12,13)/t5-/m0/s1. The van der Waals surface area contributed by atoms with Gasteiger partial charge < -0.3 is 21.9 Å². The van der Waals surface area contributed by atoms with E-state index in [0.717, 1.165) is 0 Å². The lowest BCUT2D eigenvalue weighted by atomic mass is 10.2. The first-order valence-corrected chi connectivity index (χ1v) is 4.03. The molecule has 0 aliphatic carbocycles. The number of nitrogens with two attached hydrogens (primary N) is 2. The van der Waals surface area contributed by atoms with Crippen molar-refractivity contribution in [3.63, 3.8) is 0 Å². The van der Waals surface area contributed by atoms with Crippen LogP contribution >= 0.6 is 0 Å². The van der Waals surface area contributed by atoms with Crippen LogP contribution in [-0.2, 0) is 9.59 Å². The van der Waals surface area contributed by atoms with Gasteiger partial charge in [0.25, 0.3) is 0 Å². The van der Waals surface area contributed by atoms with E-state index in [-0.39, 0.29) is 31.8 Å². The molecular weight excluding hydrogens is 174 g/mol. The number of hydrogen-bond acceptors (Lipinski definition) is 4. The van der Waals surface area contributed by atoms with Crippen molar-refractivity contribution in [2.24, 2.45) is 11.5 Å². The molecule has 0 saturated carbocycles. The fourth-order valence-corrected chi connectivity index (χ4v) is 0.710. The third kappa shape index (κ3) is 6.06. The van der Waals surface area contributed by atoms with Gasteiger partial charge in [0.1, 0.15) is 6.04 Å². The van der Waals surface area contributed by atoms with Gasteiger partial charge in [-0.25, -0.2) is 0 Å². The number of aliphatic carboxylic acids is 1. The van der Waals surface area contributed by atoms with E-state index >= 15 is 0 Å². The molecular formula is C7H15N3O3. The molecule has 0 aliphatic heterocycles. The quantitative estimate of drug-likeness (QED) is 0.395. The number of carboxylic acid groups (broad SMARTS) is 1. The van der Waals surface area contributed by atoms with Crippen LogP contribution in [0.3, 0.4) is 0 Å². The van der Waals surface area contributed by atoms with Crippen LogP contribution in [0.1, 0.15) is 12.8 Å². The van der Waals surface area contributed by atoms with Crippen molar-refractivity contribution in [2.75, 3.05) is 13.1 Å². The van der Waals surface area contributed by atoms with Gasteiger partial charge in [0.15, 0.2) is 0 Å². The van der Waals surface area contributed by atoms with Gasteiger partial charge in [-0.05, 0) is 6.42 Å². The second-order valence-electron chi connectivity index (χ2n) is 2.62. The molecule has 13 heavy (non-hydrogen) atoms. The zero-order valence-corrected chi connectivity index (χ0v) is 7.32. The zero-order chi connectivity index (χ0) is 10.3. The van der Waals surface area contributed by atoms with Crippen molar-refractivity contribution < 1.29 is 14.7 Å². The molecule has 0 rings (SSSR count). The Kier molecular flexibility index (Phi) is 5.82. The van der Waals surface area contributed by atoms with Crippen LogP contribution in [0, 0.1) is 0 Å². The van der Waals surface area contributed by atoms with Crippen molar-refractivity contribution in [1.29, 1.82) is 0 Å². The van der Waals surface area contributed by atoms with Crippen LogP contribution in [-0.4, -0.2) is 36.1 Å². The predicted molar refractivity (Wildman–Crippen MR) is 46.9 cm³/mol. The van der Waals surface area contributed by atoms with Gasteiger partial charge in [-0.1, -0.05) is 0 Å². The minimum atomic E-state index is -1.06. The highest BCUT2D eigenvalue weighted by Crippen LogP contribution is 1.86. The Hall–Kier alpha value is -1.14. The molecule has 0 heterocycles. The summed E-state index contributed by atoms with van der Waals surface area (Å²) in [5.74, 6) is -1.24. The van der Waals surface area contributed by atoms with Crippen molar-refractivity contribution in [1.82, 2.24) is 5.32 Å². The maximum Gasteiger partial charge on any atom is 0.320 e. The van der Waals surface area contributed by atoms with Crippen LogP contribution in [0.5, 0.6) is 0 Å².